The lowest BCUT2D eigenvalue weighted by molar-refractivity contribution is 0.0600. The van der Waals surface area contributed by atoms with Crippen LogP contribution >= 0.6 is 15.9 Å². The van der Waals surface area contributed by atoms with E-state index in [2.05, 4.69) is 162 Å². The zero-order chi connectivity index (χ0) is 76.0. The predicted octanol–water partition coefficient (Wildman–Crippen LogP) is 18.5. The fourth-order valence-electron chi connectivity index (χ4n) is 12.5. The first-order chi connectivity index (χ1) is 52.0. The number of hydrogen-bond acceptors (Lipinski definition) is 19. The summed E-state index contributed by atoms with van der Waals surface area (Å²) in [5, 5.41) is 13.4. The Labute approximate surface area is 631 Å². The monoisotopic (exact) mass is 1480 g/mol. The number of carboxylic acid groups (broad SMARTS) is 1. The average Bonchev–Trinajstić information content (AvgIpc) is 0.795. The van der Waals surface area contributed by atoms with E-state index in [0.717, 1.165) is 155 Å². The van der Waals surface area contributed by atoms with Crippen LogP contribution in [0.5, 0.6) is 0 Å². The highest BCUT2D eigenvalue weighted by Gasteiger charge is 2.22. The third kappa shape index (κ3) is 15.7. The smallest absolute Gasteiger partial charge is 0.341 e. The van der Waals surface area contributed by atoms with Crippen molar-refractivity contribution >= 4 is 94.8 Å². The SMILES string of the molecule is COC(=O)c1cc(-c2ccc3ncnc(C)c3c2)c(-c2ccc(C)cc2)nc1N.Cc1ccc(-c2nc(N)c(Br)cc2-c2ccc3ncnc(C)c3c2)cc1.Cc1ccc(-c2nc(N)c(C(=O)O)cc2-c2ccc3ncnc(C)c3c2)cc1.Cc1ccc(-c2nc(N)ccc2-c2ccc3ncnc(C)c3c2)cc1. The molecule has 21 heteroatoms. The molecular weight excluding hydrogens is 1410 g/mol. The second-order valence-corrected chi connectivity index (χ2v) is 26.9. The Bertz CT molecular complexity index is 6140. The molecule has 20 nitrogen and oxygen atoms in total. The Hall–Kier alpha value is -13.7. The van der Waals surface area contributed by atoms with E-state index >= 15 is 0 Å². The van der Waals surface area contributed by atoms with Gasteiger partial charge in [0.15, 0.2) is 0 Å². The van der Waals surface area contributed by atoms with Gasteiger partial charge in [-0.15, -0.1) is 0 Å². The highest BCUT2D eigenvalue weighted by atomic mass is 79.9. The van der Waals surface area contributed by atoms with Gasteiger partial charge in [-0.05, 0) is 172 Å². The summed E-state index contributed by atoms with van der Waals surface area (Å²) in [6.45, 7) is 16.0. The zero-order valence-corrected chi connectivity index (χ0v) is 62.2. The molecule has 8 heterocycles. The van der Waals surface area contributed by atoms with Crippen molar-refractivity contribution in [3.8, 4) is 89.5 Å². The summed E-state index contributed by atoms with van der Waals surface area (Å²) >= 11 is 3.51. The van der Waals surface area contributed by atoms with Gasteiger partial charge in [-0.1, -0.05) is 144 Å². The van der Waals surface area contributed by atoms with Gasteiger partial charge in [-0.3, -0.25) is 0 Å². The van der Waals surface area contributed by atoms with Crippen molar-refractivity contribution in [1.82, 2.24) is 59.8 Å². The molecule has 0 fully saturated rings. The molecule has 0 atom stereocenters. The number of ether oxygens (including phenoxy) is 1. The molecule has 0 spiro atoms. The molecule has 16 rings (SSSR count). The minimum Gasteiger partial charge on any atom is -0.478 e. The van der Waals surface area contributed by atoms with Crippen LogP contribution in [0.4, 0.5) is 23.3 Å². The highest BCUT2D eigenvalue weighted by Crippen LogP contribution is 2.40. The van der Waals surface area contributed by atoms with Crippen LogP contribution in [-0.4, -0.2) is 84.0 Å². The number of hydrogen-bond donors (Lipinski definition) is 5. The van der Waals surface area contributed by atoms with Crippen LogP contribution in [0, 0.1) is 55.4 Å². The maximum absolute atomic E-state index is 12.2. The number of carbonyl (C=O) groups excluding carboxylic acids is 1. The van der Waals surface area contributed by atoms with Gasteiger partial charge in [0.2, 0.25) is 0 Å². The lowest BCUT2D eigenvalue weighted by Gasteiger charge is -2.14. The Balaban J connectivity index is 0.000000127. The number of aromatic nitrogens is 12. The Kier molecular flexibility index (Phi) is 21.1. The summed E-state index contributed by atoms with van der Waals surface area (Å²) in [7, 11) is 1.33. The fourth-order valence-corrected chi connectivity index (χ4v) is 12.8. The number of carbonyl (C=O) groups is 2. The number of halogens is 1. The van der Waals surface area contributed by atoms with Gasteiger partial charge in [0, 0.05) is 88.8 Å². The van der Waals surface area contributed by atoms with Crippen LogP contribution < -0.4 is 22.9 Å². The summed E-state index contributed by atoms with van der Waals surface area (Å²) < 4.78 is 5.66. The number of rotatable bonds is 10. The molecule has 9 N–H and O–H groups in total. The van der Waals surface area contributed by atoms with E-state index in [0.29, 0.717) is 28.6 Å². The molecule has 0 amide bonds. The van der Waals surface area contributed by atoms with E-state index in [1.54, 1.807) is 31.1 Å². The molecule has 0 radical (unpaired) electrons. The molecule has 8 aromatic carbocycles. The van der Waals surface area contributed by atoms with Crippen molar-refractivity contribution in [2.75, 3.05) is 30.0 Å². The first-order valence-corrected chi connectivity index (χ1v) is 35.2. The number of aryl methyl sites for hydroxylation is 8. The van der Waals surface area contributed by atoms with Crippen molar-refractivity contribution in [3.05, 3.63) is 286 Å². The first-order valence-electron chi connectivity index (χ1n) is 34.4. The minimum atomic E-state index is -1.11. The normalized spacial score (nSPS) is 10.9. The van der Waals surface area contributed by atoms with E-state index < -0.39 is 11.9 Å². The minimum absolute atomic E-state index is 0.00729. The Morgan fingerprint density at radius 1 is 0.324 bits per heavy atom. The number of nitrogen functional groups attached to an aromatic ring is 4. The number of benzene rings is 8. The van der Waals surface area contributed by atoms with Crippen LogP contribution in [0.1, 0.15) is 65.7 Å². The molecule has 0 aliphatic carbocycles. The first kappa shape index (κ1) is 72.7. The molecule has 0 unspecified atom stereocenters. The average molecular weight is 1490 g/mol. The third-order valence-electron chi connectivity index (χ3n) is 18.5. The number of carboxylic acids is 1. The van der Waals surface area contributed by atoms with Crippen LogP contribution in [0.2, 0.25) is 0 Å². The van der Waals surface area contributed by atoms with Crippen LogP contribution in [0.15, 0.2) is 230 Å². The van der Waals surface area contributed by atoms with Crippen LogP contribution in [0.3, 0.4) is 0 Å². The van der Waals surface area contributed by atoms with E-state index in [4.69, 9.17) is 27.7 Å². The summed E-state index contributed by atoms with van der Waals surface area (Å²) in [5.74, 6) is -0.512. The van der Waals surface area contributed by atoms with Gasteiger partial charge in [-0.25, -0.2) is 69.4 Å². The van der Waals surface area contributed by atoms with Crippen molar-refractivity contribution in [3.63, 3.8) is 0 Å². The molecular formula is C87H73BrN16O4. The lowest BCUT2D eigenvalue weighted by Crippen LogP contribution is -2.09. The Morgan fingerprint density at radius 3 is 0.944 bits per heavy atom. The summed E-state index contributed by atoms with van der Waals surface area (Å²) in [5.41, 5.74) is 50.5. The second-order valence-electron chi connectivity index (χ2n) is 26.0. The number of fused-ring (bicyclic) bond motifs is 4. The second kappa shape index (κ2) is 31.3. The molecule has 8 aromatic heterocycles. The molecule has 532 valence electrons. The highest BCUT2D eigenvalue weighted by molar-refractivity contribution is 9.10. The fraction of sp³-hybridized carbons (Fsp3) is 0.103. The van der Waals surface area contributed by atoms with Crippen molar-refractivity contribution in [2.45, 2.75) is 55.4 Å². The van der Waals surface area contributed by atoms with Crippen molar-refractivity contribution in [2.24, 2.45) is 0 Å². The van der Waals surface area contributed by atoms with Crippen LogP contribution in [-0.2, 0) is 4.74 Å². The maximum Gasteiger partial charge on any atom is 0.341 e. The third-order valence-corrected chi connectivity index (χ3v) is 19.2. The predicted molar refractivity (Wildman–Crippen MR) is 434 cm³/mol. The number of pyridine rings is 4. The standard InChI is InChI=1S/C23H20N4O2.C22H18N4O2.C21H17BrN4.C21H18N4/c1-13-4-6-15(7-5-13)21-18(11-19(22(24)27-21)23(28)29-3)16-8-9-20-17(10-16)14(2)25-12-26-20;1-12-3-5-14(6-4-12)20-17(10-18(22(27)28)21(23)26-20)15-7-8-19-16(9-15)13(2)24-11-25-19;1-12-3-5-14(6-4-12)20-17(10-18(22)21(23)26-20)15-7-8-19-16(9-15)13(2)24-11-25-19;1-13-3-5-15(6-4-13)21-17(8-10-20(22)25-21)16-7-9-19-18(11-16)14(2)23-12-24-19/h4-12H,1-3H3,(H2,24,27);3-11H,1-2H3,(H2,23,26)(H,27,28);3-11H,1-2H3,(H2,23,26);3-12H,1-2H3,(H2,22,25). The summed E-state index contributed by atoms with van der Waals surface area (Å²) in [6, 6.07) is 65.8. The molecule has 0 aliphatic rings. The van der Waals surface area contributed by atoms with Gasteiger partial charge in [-0.2, -0.15) is 0 Å². The quantitative estimate of drug-likeness (QED) is 0.0794. The van der Waals surface area contributed by atoms with Crippen LogP contribution in [0.25, 0.3) is 133 Å². The molecule has 0 bridgehead atoms. The van der Waals surface area contributed by atoms with Crippen molar-refractivity contribution < 1.29 is 19.4 Å². The van der Waals surface area contributed by atoms with E-state index in [-0.39, 0.29) is 22.8 Å². The van der Waals surface area contributed by atoms with Gasteiger partial charge in [0.25, 0.3) is 0 Å². The molecule has 108 heavy (non-hydrogen) atoms. The van der Waals surface area contributed by atoms with E-state index in [1.165, 1.54) is 24.6 Å². The number of aromatic carboxylic acids is 1. The van der Waals surface area contributed by atoms with E-state index in [9.17, 15) is 14.7 Å². The van der Waals surface area contributed by atoms with Gasteiger partial charge < -0.3 is 32.8 Å². The summed E-state index contributed by atoms with van der Waals surface area (Å²) in [6.07, 6.45) is 6.27. The van der Waals surface area contributed by atoms with Gasteiger partial charge >= 0.3 is 11.9 Å². The number of methoxy groups -OCH3 is 1. The van der Waals surface area contributed by atoms with Crippen molar-refractivity contribution in [1.29, 1.82) is 0 Å². The molecule has 0 aliphatic heterocycles. The number of nitrogens with two attached hydrogens (primary N) is 4. The molecule has 16 aromatic rings. The van der Waals surface area contributed by atoms with Gasteiger partial charge in [0.1, 0.15) is 59.7 Å². The zero-order valence-electron chi connectivity index (χ0n) is 60.6. The number of nitrogens with zero attached hydrogens (tertiary/aromatic N) is 12. The number of esters is 1. The molecule has 0 saturated carbocycles. The van der Waals surface area contributed by atoms with E-state index in [1.807, 2.05) is 157 Å². The van der Waals surface area contributed by atoms with Gasteiger partial charge in [0.05, 0.1) is 56.4 Å². The lowest BCUT2D eigenvalue weighted by atomic mass is 9.95. The molecule has 0 saturated heterocycles. The summed E-state index contributed by atoms with van der Waals surface area (Å²) in [4.78, 5) is 76.5. The Morgan fingerprint density at radius 2 is 0.611 bits per heavy atom. The topological polar surface area (TPSA) is 322 Å². The number of anilines is 4. The largest absolute Gasteiger partial charge is 0.478 e. The maximum atomic E-state index is 12.2.